The molecule has 18 heavy (non-hydrogen) atoms. The Bertz CT molecular complexity index is 509. The van der Waals surface area contributed by atoms with Crippen molar-refractivity contribution in [3.8, 4) is 0 Å². The SMILES string of the molecule is CCCn1cc(C(NN)c2ccccc2Cl)cn1. The van der Waals surface area contributed by atoms with E-state index in [0.717, 1.165) is 24.1 Å². The minimum atomic E-state index is -0.135. The van der Waals surface area contributed by atoms with Gasteiger partial charge in [-0.25, -0.2) is 5.43 Å². The zero-order valence-electron chi connectivity index (χ0n) is 10.3. The first-order valence-corrected chi connectivity index (χ1v) is 6.37. The molecule has 1 heterocycles. The Balaban J connectivity index is 2.30. The van der Waals surface area contributed by atoms with Crippen LogP contribution in [-0.2, 0) is 6.54 Å². The number of nitrogens with zero attached hydrogens (tertiary/aromatic N) is 2. The molecule has 2 rings (SSSR count). The Morgan fingerprint density at radius 2 is 2.22 bits per heavy atom. The van der Waals surface area contributed by atoms with Crippen LogP contribution in [0.25, 0.3) is 0 Å². The highest BCUT2D eigenvalue weighted by molar-refractivity contribution is 6.31. The van der Waals surface area contributed by atoms with Gasteiger partial charge in [-0.2, -0.15) is 5.10 Å². The summed E-state index contributed by atoms with van der Waals surface area (Å²) in [5.41, 5.74) is 4.76. The fourth-order valence-electron chi connectivity index (χ4n) is 1.95. The van der Waals surface area contributed by atoms with Crippen LogP contribution in [0.4, 0.5) is 0 Å². The van der Waals surface area contributed by atoms with Crippen LogP contribution in [0.2, 0.25) is 5.02 Å². The van der Waals surface area contributed by atoms with E-state index in [0.29, 0.717) is 5.02 Å². The van der Waals surface area contributed by atoms with E-state index in [2.05, 4.69) is 17.4 Å². The number of rotatable bonds is 5. The fourth-order valence-corrected chi connectivity index (χ4v) is 2.20. The highest BCUT2D eigenvalue weighted by Crippen LogP contribution is 2.27. The number of nitrogens with two attached hydrogens (primary N) is 1. The van der Waals surface area contributed by atoms with Gasteiger partial charge in [-0.05, 0) is 18.1 Å². The van der Waals surface area contributed by atoms with Gasteiger partial charge < -0.3 is 0 Å². The molecule has 1 unspecified atom stereocenters. The van der Waals surface area contributed by atoms with Gasteiger partial charge in [-0.15, -0.1) is 0 Å². The molecule has 2 aromatic rings. The molecule has 1 atom stereocenters. The van der Waals surface area contributed by atoms with E-state index in [1.165, 1.54) is 0 Å². The minimum Gasteiger partial charge on any atom is -0.272 e. The quantitative estimate of drug-likeness (QED) is 0.644. The van der Waals surface area contributed by atoms with Gasteiger partial charge in [-0.1, -0.05) is 36.7 Å². The second-order valence-corrected chi connectivity index (χ2v) is 4.57. The van der Waals surface area contributed by atoms with E-state index < -0.39 is 0 Å². The van der Waals surface area contributed by atoms with E-state index in [9.17, 15) is 0 Å². The molecule has 5 heteroatoms. The molecule has 1 aromatic heterocycles. The van der Waals surface area contributed by atoms with Gasteiger partial charge in [0.1, 0.15) is 0 Å². The van der Waals surface area contributed by atoms with Crippen molar-refractivity contribution < 1.29 is 0 Å². The molecule has 0 saturated heterocycles. The van der Waals surface area contributed by atoms with E-state index in [1.807, 2.05) is 41.3 Å². The number of benzene rings is 1. The number of halogens is 1. The Hall–Kier alpha value is -1.36. The van der Waals surface area contributed by atoms with Crippen molar-refractivity contribution in [2.45, 2.75) is 25.9 Å². The fraction of sp³-hybridized carbons (Fsp3) is 0.308. The molecule has 0 fully saturated rings. The first-order valence-electron chi connectivity index (χ1n) is 5.99. The van der Waals surface area contributed by atoms with Gasteiger partial charge in [0.15, 0.2) is 0 Å². The molecule has 0 saturated carbocycles. The summed E-state index contributed by atoms with van der Waals surface area (Å²) >= 11 is 6.19. The zero-order valence-corrected chi connectivity index (χ0v) is 11.1. The van der Waals surface area contributed by atoms with E-state index in [-0.39, 0.29) is 6.04 Å². The number of hydrogen-bond donors (Lipinski definition) is 2. The largest absolute Gasteiger partial charge is 0.272 e. The van der Waals surface area contributed by atoms with Gasteiger partial charge in [0.2, 0.25) is 0 Å². The first-order chi connectivity index (χ1) is 8.76. The van der Waals surface area contributed by atoms with E-state index in [4.69, 9.17) is 17.4 Å². The lowest BCUT2D eigenvalue weighted by Crippen LogP contribution is -2.28. The Morgan fingerprint density at radius 1 is 1.44 bits per heavy atom. The lowest BCUT2D eigenvalue weighted by Gasteiger charge is -2.15. The summed E-state index contributed by atoms with van der Waals surface area (Å²) in [6.07, 6.45) is 4.87. The van der Waals surface area contributed by atoms with Crippen LogP contribution >= 0.6 is 11.6 Å². The van der Waals surface area contributed by atoms with Crippen molar-refractivity contribution in [3.05, 3.63) is 52.8 Å². The number of hydrogen-bond acceptors (Lipinski definition) is 3. The molecule has 96 valence electrons. The Morgan fingerprint density at radius 3 is 2.89 bits per heavy atom. The van der Waals surface area contributed by atoms with Crippen molar-refractivity contribution in [1.82, 2.24) is 15.2 Å². The lowest BCUT2D eigenvalue weighted by atomic mass is 10.0. The molecule has 4 nitrogen and oxygen atoms in total. The standard InChI is InChI=1S/C13H17ClN4/c1-2-7-18-9-10(8-16-18)13(17-15)11-5-3-4-6-12(11)14/h3-6,8-9,13,17H,2,7,15H2,1H3. The summed E-state index contributed by atoms with van der Waals surface area (Å²) in [7, 11) is 0. The van der Waals surface area contributed by atoms with Gasteiger partial charge in [-0.3, -0.25) is 10.5 Å². The predicted octanol–water partition coefficient (Wildman–Crippen LogP) is 2.50. The number of nitrogens with one attached hydrogen (secondary N) is 1. The topological polar surface area (TPSA) is 55.9 Å². The monoisotopic (exact) mass is 264 g/mol. The smallest absolute Gasteiger partial charge is 0.0755 e. The van der Waals surface area contributed by atoms with Crippen molar-refractivity contribution in [2.75, 3.05) is 0 Å². The highest BCUT2D eigenvalue weighted by atomic mass is 35.5. The molecule has 0 aliphatic rings. The number of aryl methyl sites for hydroxylation is 1. The average Bonchev–Trinajstić information content (AvgIpc) is 2.82. The van der Waals surface area contributed by atoms with Crippen LogP contribution in [0, 0.1) is 0 Å². The zero-order chi connectivity index (χ0) is 13.0. The number of aromatic nitrogens is 2. The van der Waals surface area contributed by atoms with Gasteiger partial charge >= 0.3 is 0 Å². The molecule has 0 amide bonds. The second-order valence-electron chi connectivity index (χ2n) is 4.16. The summed E-state index contributed by atoms with van der Waals surface area (Å²) in [5, 5.41) is 5.01. The molecule has 0 spiro atoms. The van der Waals surface area contributed by atoms with Crippen LogP contribution in [0.15, 0.2) is 36.7 Å². The predicted molar refractivity (Wildman–Crippen MR) is 73.1 cm³/mol. The summed E-state index contributed by atoms with van der Waals surface area (Å²) in [5.74, 6) is 5.64. The molecular formula is C13H17ClN4. The Kier molecular flexibility index (Phi) is 4.36. The van der Waals surface area contributed by atoms with Crippen molar-refractivity contribution >= 4 is 11.6 Å². The molecule has 0 aliphatic carbocycles. The average molecular weight is 265 g/mol. The minimum absolute atomic E-state index is 0.135. The van der Waals surface area contributed by atoms with Crippen LogP contribution in [0.5, 0.6) is 0 Å². The molecular weight excluding hydrogens is 248 g/mol. The van der Waals surface area contributed by atoms with Crippen LogP contribution < -0.4 is 11.3 Å². The normalized spacial score (nSPS) is 12.6. The first kappa shape index (κ1) is 13.1. The molecule has 0 radical (unpaired) electrons. The van der Waals surface area contributed by atoms with E-state index in [1.54, 1.807) is 0 Å². The molecule has 0 aliphatic heterocycles. The maximum atomic E-state index is 6.19. The van der Waals surface area contributed by atoms with E-state index >= 15 is 0 Å². The maximum Gasteiger partial charge on any atom is 0.0755 e. The third-order valence-electron chi connectivity index (χ3n) is 2.82. The van der Waals surface area contributed by atoms with Crippen molar-refractivity contribution in [2.24, 2.45) is 5.84 Å². The van der Waals surface area contributed by atoms with Crippen molar-refractivity contribution in [1.29, 1.82) is 0 Å². The maximum absolute atomic E-state index is 6.19. The number of hydrazine groups is 1. The van der Waals surface area contributed by atoms with Gasteiger partial charge in [0.25, 0.3) is 0 Å². The highest BCUT2D eigenvalue weighted by Gasteiger charge is 2.16. The Labute approximate surface area is 112 Å². The molecule has 0 bridgehead atoms. The third-order valence-corrected chi connectivity index (χ3v) is 3.17. The summed E-state index contributed by atoms with van der Waals surface area (Å²) < 4.78 is 1.91. The van der Waals surface area contributed by atoms with Crippen LogP contribution in [0.1, 0.15) is 30.5 Å². The van der Waals surface area contributed by atoms with Crippen LogP contribution in [-0.4, -0.2) is 9.78 Å². The van der Waals surface area contributed by atoms with Crippen LogP contribution in [0.3, 0.4) is 0 Å². The van der Waals surface area contributed by atoms with Gasteiger partial charge in [0, 0.05) is 23.3 Å². The van der Waals surface area contributed by atoms with Crippen molar-refractivity contribution in [3.63, 3.8) is 0 Å². The summed E-state index contributed by atoms with van der Waals surface area (Å²) in [6.45, 7) is 3.02. The molecule has 3 N–H and O–H groups in total. The second kappa shape index (κ2) is 6.00. The summed E-state index contributed by atoms with van der Waals surface area (Å²) in [6, 6.07) is 7.54. The molecule has 1 aromatic carbocycles. The van der Waals surface area contributed by atoms with Gasteiger partial charge in [0.05, 0.1) is 12.2 Å². The third kappa shape index (κ3) is 2.72. The lowest BCUT2D eigenvalue weighted by molar-refractivity contribution is 0.598. The summed E-state index contributed by atoms with van der Waals surface area (Å²) in [4.78, 5) is 0.